The van der Waals surface area contributed by atoms with Crippen LogP contribution >= 0.6 is 0 Å². The lowest BCUT2D eigenvalue weighted by Crippen LogP contribution is -2.34. The molecule has 0 aliphatic carbocycles. The second kappa shape index (κ2) is 5.50. The molecule has 0 rings (SSSR count). The Hall–Kier alpha value is -1.14. The van der Waals surface area contributed by atoms with Gasteiger partial charge in [-0.05, 0) is 13.0 Å². The van der Waals surface area contributed by atoms with Crippen LogP contribution in [0.5, 0.6) is 0 Å². The second-order valence-corrected chi connectivity index (χ2v) is 2.30. The van der Waals surface area contributed by atoms with Crippen molar-refractivity contribution in [3.05, 3.63) is 0 Å². The molecule has 0 aliphatic rings. The Morgan fingerprint density at radius 3 is 2.42 bits per heavy atom. The summed E-state index contributed by atoms with van der Waals surface area (Å²) in [6.45, 7) is 0.117. The lowest BCUT2D eigenvalue weighted by atomic mass is 10.2. The Morgan fingerprint density at radius 1 is 1.42 bits per heavy atom. The summed E-state index contributed by atoms with van der Waals surface area (Å²) in [6, 6.07) is -0.925. The topological polar surface area (TPSA) is 113 Å². The molecule has 0 radical (unpaired) electrons. The zero-order chi connectivity index (χ0) is 9.56. The van der Waals surface area contributed by atoms with E-state index in [0.29, 0.717) is 6.54 Å². The van der Waals surface area contributed by atoms with Crippen molar-refractivity contribution in [1.29, 1.82) is 0 Å². The van der Waals surface area contributed by atoms with E-state index in [1.54, 1.807) is 0 Å². The van der Waals surface area contributed by atoms with E-state index in [9.17, 15) is 9.59 Å². The molecule has 12 heavy (non-hydrogen) atoms. The molecule has 0 aliphatic heterocycles. The van der Waals surface area contributed by atoms with Crippen molar-refractivity contribution in [3.8, 4) is 0 Å². The number of carboxylic acid groups (broad SMARTS) is 2. The lowest BCUT2D eigenvalue weighted by Gasteiger charge is -2.05. The third kappa shape index (κ3) is 5.63. The molecule has 1 unspecified atom stereocenters. The second-order valence-electron chi connectivity index (χ2n) is 2.30. The fourth-order valence-corrected chi connectivity index (χ4v) is 0.576. The highest BCUT2D eigenvalue weighted by atomic mass is 16.4. The zero-order valence-corrected chi connectivity index (χ0v) is 6.49. The summed E-state index contributed by atoms with van der Waals surface area (Å²) in [4.78, 5) is 20.1. The number of rotatable bonds is 6. The Morgan fingerprint density at radius 2 is 2.00 bits per heavy atom. The Kier molecular flexibility index (Phi) is 4.98. The molecule has 70 valence electrons. The first-order valence-electron chi connectivity index (χ1n) is 3.45. The van der Waals surface area contributed by atoms with Gasteiger partial charge in [-0.1, -0.05) is 0 Å². The summed E-state index contributed by atoms with van der Waals surface area (Å²) in [6.07, 6.45) is 0.225. The standard InChI is InChI=1S/C6H12N2O4/c7-4(6(11)12)1-2-8-3-5(9)10/h4,8H,1-3,7H2,(H,9,10)(H,11,12). The van der Waals surface area contributed by atoms with Crippen LogP contribution in [0.15, 0.2) is 0 Å². The van der Waals surface area contributed by atoms with Crippen LogP contribution in [0, 0.1) is 0 Å². The van der Waals surface area contributed by atoms with Crippen LogP contribution in [-0.2, 0) is 9.59 Å². The molecular weight excluding hydrogens is 164 g/mol. The van der Waals surface area contributed by atoms with Gasteiger partial charge in [0.15, 0.2) is 0 Å². The fraction of sp³-hybridized carbons (Fsp3) is 0.667. The normalized spacial score (nSPS) is 12.4. The van der Waals surface area contributed by atoms with Gasteiger partial charge in [-0.3, -0.25) is 9.59 Å². The predicted octanol–water partition coefficient (Wildman–Crippen LogP) is -1.54. The first-order valence-corrected chi connectivity index (χ1v) is 3.45. The van der Waals surface area contributed by atoms with Crippen molar-refractivity contribution < 1.29 is 19.8 Å². The minimum atomic E-state index is -1.08. The van der Waals surface area contributed by atoms with Gasteiger partial charge in [-0.15, -0.1) is 0 Å². The summed E-state index contributed by atoms with van der Waals surface area (Å²) in [7, 11) is 0. The van der Waals surface area contributed by atoms with Crippen LogP contribution in [-0.4, -0.2) is 41.3 Å². The minimum Gasteiger partial charge on any atom is -0.480 e. The van der Waals surface area contributed by atoms with E-state index in [1.165, 1.54) is 0 Å². The van der Waals surface area contributed by atoms with Gasteiger partial charge in [-0.25, -0.2) is 0 Å². The van der Waals surface area contributed by atoms with E-state index in [0.717, 1.165) is 0 Å². The summed E-state index contributed by atoms with van der Waals surface area (Å²) in [5.74, 6) is -2.05. The SMILES string of the molecule is NC(CCNCC(=O)O)C(=O)O. The molecule has 0 spiro atoms. The molecule has 0 bridgehead atoms. The van der Waals surface area contributed by atoms with Gasteiger partial charge in [0.05, 0.1) is 6.54 Å². The highest BCUT2D eigenvalue weighted by Gasteiger charge is 2.09. The summed E-state index contributed by atoms with van der Waals surface area (Å²) < 4.78 is 0. The first-order chi connectivity index (χ1) is 5.54. The average Bonchev–Trinajstić information content (AvgIpc) is 1.97. The molecule has 5 N–H and O–H groups in total. The third-order valence-corrected chi connectivity index (χ3v) is 1.23. The van der Waals surface area contributed by atoms with Crippen LogP contribution in [0.2, 0.25) is 0 Å². The quantitative estimate of drug-likeness (QED) is 0.365. The van der Waals surface area contributed by atoms with Crippen molar-refractivity contribution in [3.63, 3.8) is 0 Å². The van der Waals surface area contributed by atoms with Crippen molar-refractivity contribution in [2.75, 3.05) is 13.1 Å². The monoisotopic (exact) mass is 176 g/mol. The average molecular weight is 176 g/mol. The van der Waals surface area contributed by atoms with Crippen LogP contribution in [0.1, 0.15) is 6.42 Å². The van der Waals surface area contributed by atoms with E-state index < -0.39 is 18.0 Å². The number of nitrogens with two attached hydrogens (primary N) is 1. The van der Waals surface area contributed by atoms with E-state index in [1.807, 2.05) is 0 Å². The number of hydrogen-bond acceptors (Lipinski definition) is 4. The van der Waals surface area contributed by atoms with Crippen LogP contribution < -0.4 is 11.1 Å². The van der Waals surface area contributed by atoms with Crippen molar-refractivity contribution >= 4 is 11.9 Å². The molecule has 6 nitrogen and oxygen atoms in total. The van der Waals surface area contributed by atoms with Crippen LogP contribution in [0.25, 0.3) is 0 Å². The number of carboxylic acids is 2. The predicted molar refractivity (Wildman–Crippen MR) is 40.7 cm³/mol. The lowest BCUT2D eigenvalue weighted by molar-refractivity contribution is -0.138. The van der Waals surface area contributed by atoms with Gasteiger partial charge in [0.25, 0.3) is 0 Å². The molecule has 0 aromatic carbocycles. The van der Waals surface area contributed by atoms with Gasteiger partial charge in [-0.2, -0.15) is 0 Å². The minimum absolute atomic E-state index is 0.174. The summed E-state index contributed by atoms with van der Waals surface area (Å²) in [5, 5.41) is 19.0. The number of carbonyl (C=O) groups is 2. The molecular formula is C6H12N2O4. The van der Waals surface area contributed by atoms with Gasteiger partial charge in [0.1, 0.15) is 6.04 Å². The molecule has 0 aromatic heterocycles. The Bertz CT molecular complexity index is 171. The van der Waals surface area contributed by atoms with Crippen LogP contribution in [0.4, 0.5) is 0 Å². The van der Waals surface area contributed by atoms with Gasteiger partial charge in [0.2, 0.25) is 0 Å². The number of nitrogens with one attached hydrogen (secondary N) is 1. The molecule has 0 fully saturated rings. The molecule has 0 saturated heterocycles. The van der Waals surface area contributed by atoms with E-state index in [-0.39, 0.29) is 13.0 Å². The third-order valence-electron chi connectivity index (χ3n) is 1.23. The van der Waals surface area contributed by atoms with Crippen molar-refractivity contribution in [2.24, 2.45) is 5.73 Å². The van der Waals surface area contributed by atoms with Crippen molar-refractivity contribution in [1.82, 2.24) is 5.32 Å². The van der Waals surface area contributed by atoms with Gasteiger partial charge in [0, 0.05) is 0 Å². The maximum Gasteiger partial charge on any atom is 0.320 e. The van der Waals surface area contributed by atoms with E-state index >= 15 is 0 Å². The zero-order valence-electron chi connectivity index (χ0n) is 6.49. The molecule has 1 atom stereocenters. The van der Waals surface area contributed by atoms with Gasteiger partial charge < -0.3 is 21.3 Å². The van der Waals surface area contributed by atoms with E-state index in [4.69, 9.17) is 15.9 Å². The van der Waals surface area contributed by atoms with Gasteiger partial charge >= 0.3 is 11.9 Å². The smallest absolute Gasteiger partial charge is 0.320 e. The molecule has 0 amide bonds. The Balaban J connectivity index is 3.31. The van der Waals surface area contributed by atoms with Crippen LogP contribution in [0.3, 0.4) is 0 Å². The molecule has 0 heterocycles. The first kappa shape index (κ1) is 10.9. The highest BCUT2D eigenvalue weighted by Crippen LogP contribution is 1.84. The summed E-state index contributed by atoms with van der Waals surface area (Å²) >= 11 is 0. The molecule has 6 heteroatoms. The van der Waals surface area contributed by atoms with E-state index in [2.05, 4.69) is 5.32 Å². The maximum atomic E-state index is 10.2. The highest BCUT2D eigenvalue weighted by molar-refractivity contribution is 5.73. The molecule has 0 aromatic rings. The maximum absolute atomic E-state index is 10.2. The Labute approximate surface area is 69.4 Å². The molecule has 0 saturated carbocycles. The van der Waals surface area contributed by atoms with Crippen molar-refractivity contribution in [2.45, 2.75) is 12.5 Å². The summed E-state index contributed by atoms with van der Waals surface area (Å²) in [5.41, 5.74) is 5.15. The largest absolute Gasteiger partial charge is 0.480 e. The fourth-order valence-electron chi connectivity index (χ4n) is 0.576. The number of hydrogen-bond donors (Lipinski definition) is 4. The number of aliphatic carboxylic acids is 2.